The molecule has 6 nitrogen and oxygen atoms in total. The van der Waals surface area contributed by atoms with Crippen LogP contribution in [0.4, 0.5) is 0 Å². The lowest BCUT2D eigenvalue weighted by atomic mass is 10.1. The first-order valence-electron chi connectivity index (χ1n) is 10.2. The summed E-state index contributed by atoms with van der Waals surface area (Å²) in [5.74, 6) is 0.111. The number of ether oxygens (including phenoxy) is 3. The first kappa shape index (κ1) is 21.4. The van der Waals surface area contributed by atoms with Crippen LogP contribution in [0.2, 0.25) is 5.02 Å². The molecule has 1 saturated heterocycles. The van der Waals surface area contributed by atoms with E-state index in [-0.39, 0.29) is 31.0 Å². The van der Waals surface area contributed by atoms with E-state index in [0.29, 0.717) is 34.2 Å². The number of carbonyl (C=O) groups is 2. The summed E-state index contributed by atoms with van der Waals surface area (Å²) in [4.78, 5) is 25.9. The van der Waals surface area contributed by atoms with Crippen molar-refractivity contribution < 1.29 is 23.8 Å². The van der Waals surface area contributed by atoms with Gasteiger partial charge in [0.15, 0.2) is 0 Å². The molecule has 1 aliphatic rings. The molecule has 0 bridgehead atoms. The van der Waals surface area contributed by atoms with Gasteiger partial charge in [0.2, 0.25) is 0 Å². The van der Waals surface area contributed by atoms with Crippen LogP contribution in [0.15, 0.2) is 42.5 Å². The third kappa shape index (κ3) is 4.45. The number of halogens is 1. The molecule has 0 aliphatic carbocycles. The number of hydrogen-bond acceptors (Lipinski definition) is 5. The molecule has 1 unspecified atom stereocenters. The molecule has 0 saturated carbocycles. The van der Waals surface area contributed by atoms with Gasteiger partial charge in [-0.1, -0.05) is 11.6 Å². The summed E-state index contributed by atoms with van der Waals surface area (Å²) in [7, 11) is 1.58. The van der Waals surface area contributed by atoms with Crippen LogP contribution in [0.3, 0.4) is 0 Å². The van der Waals surface area contributed by atoms with Crippen molar-refractivity contribution in [1.29, 1.82) is 0 Å². The van der Waals surface area contributed by atoms with E-state index in [4.69, 9.17) is 25.8 Å². The summed E-state index contributed by atoms with van der Waals surface area (Å²) in [6.45, 7) is 2.80. The molecule has 0 spiro atoms. The van der Waals surface area contributed by atoms with Gasteiger partial charge in [-0.2, -0.15) is 0 Å². The lowest BCUT2D eigenvalue weighted by Crippen LogP contribution is -2.19. The Morgan fingerprint density at radius 3 is 2.65 bits per heavy atom. The van der Waals surface area contributed by atoms with E-state index in [1.807, 2.05) is 19.1 Å². The van der Waals surface area contributed by atoms with E-state index in [1.54, 1.807) is 42.0 Å². The van der Waals surface area contributed by atoms with E-state index < -0.39 is 0 Å². The summed E-state index contributed by atoms with van der Waals surface area (Å²) in [6.07, 6.45) is 1.92. The number of esters is 1. The molecule has 4 rings (SSSR count). The third-order valence-corrected chi connectivity index (χ3v) is 5.86. The van der Waals surface area contributed by atoms with Crippen LogP contribution in [0.25, 0.3) is 10.9 Å². The normalized spacial score (nSPS) is 15.9. The summed E-state index contributed by atoms with van der Waals surface area (Å²) in [5.41, 5.74) is 2.65. The molecule has 1 aromatic heterocycles. The molecule has 31 heavy (non-hydrogen) atoms. The second kappa shape index (κ2) is 9.12. The first-order chi connectivity index (χ1) is 15.0. The molecule has 3 aromatic rings. The molecule has 0 N–H and O–H groups in total. The molecular weight excluding hydrogens is 418 g/mol. The number of fused-ring (bicyclic) bond motifs is 1. The van der Waals surface area contributed by atoms with Gasteiger partial charge in [0, 0.05) is 28.3 Å². The number of carbonyl (C=O) groups excluding carboxylic acids is 2. The number of hydrogen-bond donors (Lipinski definition) is 0. The average molecular weight is 442 g/mol. The molecule has 1 fully saturated rings. The van der Waals surface area contributed by atoms with E-state index in [0.717, 1.165) is 23.8 Å². The van der Waals surface area contributed by atoms with Crippen LogP contribution in [0.1, 0.15) is 34.5 Å². The lowest BCUT2D eigenvalue weighted by Gasteiger charge is -2.10. The van der Waals surface area contributed by atoms with Crippen LogP contribution in [-0.4, -0.2) is 42.9 Å². The molecule has 2 heterocycles. The monoisotopic (exact) mass is 441 g/mol. The molecule has 1 aliphatic heterocycles. The van der Waals surface area contributed by atoms with Crippen LogP contribution >= 0.6 is 11.6 Å². The predicted molar refractivity (Wildman–Crippen MR) is 118 cm³/mol. The fourth-order valence-electron chi connectivity index (χ4n) is 3.95. The van der Waals surface area contributed by atoms with Crippen molar-refractivity contribution in [2.45, 2.75) is 32.3 Å². The second-order valence-electron chi connectivity index (χ2n) is 7.59. The number of nitrogens with zero attached hydrogens (tertiary/aromatic N) is 1. The van der Waals surface area contributed by atoms with Gasteiger partial charge in [-0.3, -0.25) is 14.2 Å². The number of rotatable bonds is 6. The van der Waals surface area contributed by atoms with Crippen molar-refractivity contribution >= 4 is 34.4 Å². The highest BCUT2D eigenvalue weighted by Gasteiger charge is 2.23. The smallest absolute Gasteiger partial charge is 0.310 e. The Balaban J connectivity index is 1.68. The minimum absolute atomic E-state index is 0.0297. The zero-order valence-electron chi connectivity index (χ0n) is 17.5. The fraction of sp³-hybridized carbons (Fsp3) is 0.333. The predicted octanol–water partition coefficient (Wildman–Crippen LogP) is 4.56. The van der Waals surface area contributed by atoms with Crippen molar-refractivity contribution in [3.8, 4) is 5.75 Å². The van der Waals surface area contributed by atoms with Crippen molar-refractivity contribution in [1.82, 2.24) is 4.57 Å². The van der Waals surface area contributed by atoms with Gasteiger partial charge >= 0.3 is 5.97 Å². The molecular formula is C24H24ClNO5. The Bertz CT molecular complexity index is 1110. The first-order valence-corrected chi connectivity index (χ1v) is 10.6. The highest BCUT2D eigenvalue weighted by atomic mass is 35.5. The van der Waals surface area contributed by atoms with Crippen LogP contribution in [-0.2, 0) is 20.7 Å². The average Bonchev–Trinajstić information content (AvgIpc) is 3.39. The maximum Gasteiger partial charge on any atom is 0.310 e. The van der Waals surface area contributed by atoms with E-state index in [9.17, 15) is 9.59 Å². The Hall–Kier alpha value is -2.83. The maximum atomic E-state index is 13.3. The molecule has 7 heteroatoms. The van der Waals surface area contributed by atoms with Crippen LogP contribution in [0, 0.1) is 6.92 Å². The van der Waals surface area contributed by atoms with Gasteiger partial charge in [-0.25, -0.2) is 0 Å². The number of aromatic nitrogens is 1. The quantitative estimate of drug-likeness (QED) is 0.524. The minimum Gasteiger partial charge on any atom is -0.497 e. The third-order valence-electron chi connectivity index (χ3n) is 5.61. The lowest BCUT2D eigenvalue weighted by molar-refractivity contribution is -0.146. The molecule has 0 radical (unpaired) electrons. The van der Waals surface area contributed by atoms with E-state index in [2.05, 4.69) is 0 Å². The van der Waals surface area contributed by atoms with Crippen molar-refractivity contribution in [3.63, 3.8) is 0 Å². The minimum atomic E-state index is -0.348. The van der Waals surface area contributed by atoms with Gasteiger partial charge in [-0.15, -0.1) is 0 Å². The zero-order valence-corrected chi connectivity index (χ0v) is 18.3. The van der Waals surface area contributed by atoms with Crippen molar-refractivity contribution in [3.05, 3.63) is 64.3 Å². The highest BCUT2D eigenvalue weighted by molar-refractivity contribution is 6.30. The molecule has 2 aromatic carbocycles. The Morgan fingerprint density at radius 2 is 1.97 bits per heavy atom. The van der Waals surface area contributed by atoms with Crippen molar-refractivity contribution in [2.24, 2.45) is 0 Å². The van der Waals surface area contributed by atoms with Gasteiger partial charge < -0.3 is 14.2 Å². The van der Waals surface area contributed by atoms with Crippen LogP contribution < -0.4 is 4.74 Å². The van der Waals surface area contributed by atoms with Gasteiger partial charge in [0.1, 0.15) is 12.4 Å². The molecule has 0 amide bonds. The van der Waals surface area contributed by atoms with Gasteiger partial charge in [0.05, 0.1) is 25.2 Å². The zero-order chi connectivity index (χ0) is 22.0. The Labute approximate surface area is 185 Å². The Morgan fingerprint density at radius 1 is 1.19 bits per heavy atom. The second-order valence-corrected chi connectivity index (χ2v) is 8.03. The SMILES string of the molecule is COc1ccc2c(c1)c(CC(=O)OCC1CCCO1)c(C)n2C(=O)c1ccc(Cl)cc1. The number of benzene rings is 2. The highest BCUT2D eigenvalue weighted by Crippen LogP contribution is 2.31. The van der Waals surface area contributed by atoms with Gasteiger partial charge in [0.25, 0.3) is 5.91 Å². The largest absolute Gasteiger partial charge is 0.497 e. The summed E-state index contributed by atoms with van der Waals surface area (Å²) in [5, 5.41) is 1.35. The van der Waals surface area contributed by atoms with E-state index >= 15 is 0 Å². The summed E-state index contributed by atoms with van der Waals surface area (Å²) in [6, 6.07) is 12.2. The molecule has 1 atom stereocenters. The summed E-state index contributed by atoms with van der Waals surface area (Å²) < 4.78 is 18.0. The van der Waals surface area contributed by atoms with Crippen LogP contribution in [0.5, 0.6) is 5.75 Å². The fourth-order valence-corrected chi connectivity index (χ4v) is 4.08. The summed E-state index contributed by atoms with van der Waals surface area (Å²) >= 11 is 5.97. The molecule has 162 valence electrons. The number of methoxy groups -OCH3 is 1. The van der Waals surface area contributed by atoms with E-state index in [1.165, 1.54) is 0 Å². The standard InChI is InChI=1S/C24H24ClNO5/c1-15-20(13-23(27)31-14-19-4-3-11-30-19)21-12-18(29-2)9-10-22(21)26(15)24(28)16-5-7-17(25)8-6-16/h5-10,12,19H,3-4,11,13-14H2,1-2H3. The van der Waals surface area contributed by atoms with Crippen molar-refractivity contribution in [2.75, 3.05) is 20.3 Å². The van der Waals surface area contributed by atoms with Gasteiger partial charge in [-0.05, 0) is 67.8 Å². The maximum absolute atomic E-state index is 13.3. The topological polar surface area (TPSA) is 66.8 Å². The Kier molecular flexibility index (Phi) is 6.30.